The molecule has 0 saturated carbocycles. The Bertz CT molecular complexity index is 388. The van der Waals surface area contributed by atoms with E-state index in [-0.39, 0.29) is 0 Å². The van der Waals surface area contributed by atoms with Crippen molar-refractivity contribution in [2.75, 3.05) is 33.5 Å². The largest absolute Gasteiger partial charge is 0.382 e. The minimum Gasteiger partial charge on any atom is -0.382 e. The first-order chi connectivity index (χ1) is 9.38. The summed E-state index contributed by atoms with van der Waals surface area (Å²) in [4.78, 5) is 0. The van der Waals surface area contributed by atoms with Gasteiger partial charge in [0, 0.05) is 20.3 Å². The summed E-state index contributed by atoms with van der Waals surface area (Å²) >= 11 is 0. The molecule has 0 fully saturated rings. The highest BCUT2D eigenvalue weighted by Crippen LogP contribution is 2.06. The average molecular weight is 262 g/mol. The van der Waals surface area contributed by atoms with Gasteiger partial charge in [-0.05, 0) is 31.0 Å². The molecule has 0 aliphatic heterocycles. The van der Waals surface area contributed by atoms with Gasteiger partial charge in [0.25, 0.3) is 0 Å². The highest BCUT2D eigenvalue weighted by atomic mass is 16.5. The normalized spacial score (nSPS) is 10.3. The van der Waals surface area contributed by atoms with Crippen molar-refractivity contribution in [2.24, 2.45) is 0 Å². The van der Waals surface area contributed by atoms with Crippen LogP contribution in [0.5, 0.6) is 0 Å². The quantitative estimate of drug-likeness (QED) is 0.656. The molecule has 1 N–H and O–H groups in total. The lowest BCUT2D eigenvalue weighted by Gasteiger charge is -2.07. The molecule has 0 unspecified atom stereocenters. The van der Waals surface area contributed by atoms with Crippen LogP contribution in [0.25, 0.3) is 0 Å². The van der Waals surface area contributed by atoms with E-state index in [0.29, 0.717) is 13.2 Å². The van der Waals surface area contributed by atoms with Crippen molar-refractivity contribution in [3.8, 4) is 6.07 Å². The van der Waals surface area contributed by atoms with Crippen molar-refractivity contribution in [1.29, 1.82) is 5.26 Å². The number of unbranched alkanes of at least 4 members (excludes halogenated alkanes) is 1. The van der Waals surface area contributed by atoms with Gasteiger partial charge in [0.15, 0.2) is 0 Å². The monoisotopic (exact) mass is 262 g/mol. The topological polar surface area (TPSA) is 54.3 Å². The molecule has 0 atom stereocenters. The zero-order chi connectivity index (χ0) is 13.8. The van der Waals surface area contributed by atoms with Crippen LogP contribution in [0.15, 0.2) is 24.3 Å². The Morgan fingerprint density at radius 1 is 1.16 bits per heavy atom. The van der Waals surface area contributed by atoms with Gasteiger partial charge in [-0.15, -0.1) is 0 Å². The van der Waals surface area contributed by atoms with Crippen LogP contribution in [-0.4, -0.2) is 33.5 Å². The lowest BCUT2D eigenvalue weighted by molar-refractivity contribution is 0.0688. The third-order valence-electron chi connectivity index (χ3n) is 2.78. The zero-order valence-corrected chi connectivity index (χ0v) is 11.5. The summed E-state index contributed by atoms with van der Waals surface area (Å²) in [5.74, 6) is 0. The first-order valence-electron chi connectivity index (χ1n) is 6.64. The summed E-state index contributed by atoms with van der Waals surface area (Å²) in [6.07, 6.45) is 2.11. The van der Waals surface area contributed by atoms with Crippen molar-refractivity contribution in [1.82, 2.24) is 5.32 Å². The third kappa shape index (κ3) is 6.92. The maximum atomic E-state index is 8.96. The molecule has 104 valence electrons. The third-order valence-corrected chi connectivity index (χ3v) is 2.78. The van der Waals surface area contributed by atoms with Crippen LogP contribution in [0.4, 0.5) is 0 Å². The molecule has 1 aromatic rings. The van der Waals surface area contributed by atoms with E-state index in [1.165, 1.54) is 0 Å². The van der Waals surface area contributed by atoms with Gasteiger partial charge in [0.1, 0.15) is 0 Å². The van der Waals surface area contributed by atoms with Gasteiger partial charge in [-0.3, -0.25) is 0 Å². The summed E-state index contributed by atoms with van der Waals surface area (Å²) < 4.78 is 10.3. The number of nitrogens with one attached hydrogen (secondary N) is 1. The number of methoxy groups -OCH3 is 1. The van der Waals surface area contributed by atoms with E-state index in [4.69, 9.17) is 14.7 Å². The lowest BCUT2D eigenvalue weighted by atomic mass is 10.1. The number of nitrogens with zero attached hydrogens (tertiary/aromatic N) is 1. The molecule has 0 aliphatic rings. The van der Waals surface area contributed by atoms with Crippen LogP contribution in [0.3, 0.4) is 0 Å². The molecular formula is C15H22N2O2. The lowest BCUT2D eigenvalue weighted by Crippen LogP contribution is -2.16. The van der Waals surface area contributed by atoms with E-state index in [1.54, 1.807) is 7.11 Å². The van der Waals surface area contributed by atoms with E-state index in [0.717, 1.165) is 43.7 Å². The molecule has 0 bridgehead atoms. The van der Waals surface area contributed by atoms with Crippen LogP contribution < -0.4 is 5.32 Å². The molecule has 0 saturated heterocycles. The Labute approximate surface area is 115 Å². The van der Waals surface area contributed by atoms with Gasteiger partial charge in [0.05, 0.1) is 24.8 Å². The number of benzene rings is 1. The number of nitriles is 1. The maximum Gasteiger partial charge on any atom is 0.0995 e. The second-order valence-corrected chi connectivity index (χ2v) is 4.26. The Morgan fingerprint density at radius 2 is 2.00 bits per heavy atom. The summed E-state index contributed by atoms with van der Waals surface area (Å²) in [6.45, 7) is 3.78. The van der Waals surface area contributed by atoms with E-state index in [1.807, 2.05) is 24.3 Å². The number of hydrogen-bond donors (Lipinski definition) is 1. The van der Waals surface area contributed by atoms with Gasteiger partial charge in [0.2, 0.25) is 0 Å². The highest BCUT2D eigenvalue weighted by molar-refractivity contribution is 5.37. The highest BCUT2D eigenvalue weighted by Gasteiger charge is 1.99. The van der Waals surface area contributed by atoms with E-state index >= 15 is 0 Å². The Hall–Kier alpha value is -1.41. The molecule has 0 heterocycles. The van der Waals surface area contributed by atoms with Crippen molar-refractivity contribution in [2.45, 2.75) is 19.4 Å². The van der Waals surface area contributed by atoms with Crippen LogP contribution in [-0.2, 0) is 16.0 Å². The van der Waals surface area contributed by atoms with Crippen LogP contribution in [0, 0.1) is 11.3 Å². The van der Waals surface area contributed by atoms with Crippen LogP contribution in [0.1, 0.15) is 24.0 Å². The average Bonchev–Trinajstić information content (AvgIpc) is 2.46. The van der Waals surface area contributed by atoms with Gasteiger partial charge < -0.3 is 14.8 Å². The molecule has 0 radical (unpaired) electrons. The molecule has 4 nitrogen and oxygen atoms in total. The predicted octanol–water partition coefficient (Wildman–Crippen LogP) is 2.09. The Kier molecular flexibility index (Phi) is 8.65. The van der Waals surface area contributed by atoms with Crippen molar-refractivity contribution in [3.63, 3.8) is 0 Å². The first-order valence-corrected chi connectivity index (χ1v) is 6.64. The second-order valence-electron chi connectivity index (χ2n) is 4.26. The van der Waals surface area contributed by atoms with Gasteiger partial charge in [-0.1, -0.05) is 18.2 Å². The molecular weight excluding hydrogens is 240 g/mol. The molecule has 0 aliphatic carbocycles. The smallest absolute Gasteiger partial charge is 0.0995 e. The van der Waals surface area contributed by atoms with Gasteiger partial charge in [-0.25, -0.2) is 0 Å². The molecule has 4 heteroatoms. The zero-order valence-electron chi connectivity index (χ0n) is 11.5. The fraction of sp³-hybridized carbons (Fsp3) is 0.533. The number of rotatable bonds is 10. The van der Waals surface area contributed by atoms with Gasteiger partial charge >= 0.3 is 0 Å². The first kappa shape index (κ1) is 15.6. The summed E-state index contributed by atoms with van der Waals surface area (Å²) in [5.41, 5.74) is 1.80. The summed E-state index contributed by atoms with van der Waals surface area (Å²) in [5, 5.41) is 12.3. The van der Waals surface area contributed by atoms with E-state index in [9.17, 15) is 0 Å². The molecule has 1 rings (SSSR count). The molecule has 19 heavy (non-hydrogen) atoms. The fourth-order valence-electron chi connectivity index (χ4n) is 1.71. The Morgan fingerprint density at radius 3 is 2.79 bits per heavy atom. The standard InChI is InChI=1S/C15H22N2O2/c1-18-10-11-19-9-5-4-8-17-13-15-7-3-2-6-14(15)12-16/h2-3,6-7,17H,4-5,8-11,13H2,1H3. The van der Waals surface area contributed by atoms with Crippen molar-refractivity contribution >= 4 is 0 Å². The fourth-order valence-corrected chi connectivity index (χ4v) is 1.71. The van der Waals surface area contributed by atoms with E-state index < -0.39 is 0 Å². The minimum absolute atomic E-state index is 0.656. The maximum absolute atomic E-state index is 8.96. The molecule has 0 amide bonds. The van der Waals surface area contributed by atoms with Crippen LogP contribution >= 0.6 is 0 Å². The second kappa shape index (κ2) is 10.5. The molecule has 1 aromatic carbocycles. The van der Waals surface area contributed by atoms with Crippen molar-refractivity contribution < 1.29 is 9.47 Å². The van der Waals surface area contributed by atoms with E-state index in [2.05, 4.69) is 11.4 Å². The van der Waals surface area contributed by atoms with Crippen LogP contribution in [0.2, 0.25) is 0 Å². The Balaban J connectivity index is 2.03. The minimum atomic E-state index is 0.656. The molecule has 0 spiro atoms. The van der Waals surface area contributed by atoms with Crippen molar-refractivity contribution in [3.05, 3.63) is 35.4 Å². The number of ether oxygens (including phenoxy) is 2. The predicted molar refractivity (Wildman–Crippen MR) is 74.8 cm³/mol. The SMILES string of the molecule is COCCOCCCCNCc1ccccc1C#N. The van der Waals surface area contributed by atoms with Gasteiger partial charge in [-0.2, -0.15) is 5.26 Å². The summed E-state index contributed by atoms with van der Waals surface area (Å²) in [7, 11) is 1.67. The number of hydrogen-bond acceptors (Lipinski definition) is 4. The summed E-state index contributed by atoms with van der Waals surface area (Å²) in [6, 6.07) is 9.89. The molecule has 0 aromatic heterocycles.